The van der Waals surface area contributed by atoms with Crippen LogP contribution in [0.5, 0.6) is 0 Å². The minimum atomic E-state index is 0.266. The molecule has 1 rings (SSSR count). The molecule has 0 amide bonds. The average Bonchev–Trinajstić information content (AvgIpc) is 2.31. The molecule has 1 aromatic rings. The Hall–Kier alpha value is -0.860. The fourth-order valence-corrected chi connectivity index (χ4v) is 1.14. The van der Waals surface area contributed by atoms with Gasteiger partial charge in [0.15, 0.2) is 0 Å². The van der Waals surface area contributed by atoms with Crippen LogP contribution in [-0.4, -0.2) is 15.0 Å². The van der Waals surface area contributed by atoms with E-state index in [1.165, 1.54) is 0 Å². The van der Waals surface area contributed by atoms with Crippen LogP contribution < -0.4 is 0 Å². The molecule has 74 valence electrons. The zero-order valence-corrected chi connectivity index (χ0v) is 9.20. The molecule has 0 saturated carbocycles. The molecule has 0 aliphatic heterocycles. The van der Waals surface area contributed by atoms with Gasteiger partial charge in [-0.2, -0.15) is 0 Å². The molecule has 1 heterocycles. The molecule has 0 unspecified atom stereocenters. The smallest absolute Gasteiger partial charge is 0.0852 e. The van der Waals surface area contributed by atoms with Crippen LogP contribution in [0, 0.1) is 5.41 Å². The van der Waals surface area contributed by atoms with E-state index in [1.54, 1.807) is 0 Å². The van der Waals surface area contributed by atoms with E-state index >= 15 is 0 Å². The third kappa shape index (κ3) is 3.17. The molecule has 13 heavy (non-hydrogen) atoms. The number of aromatic nitrogens is 3. The second-order valence-electron chi connectivity index (χ2n) is 5.06. The lowest BCUT2D eigenvalue weighted by Gasteiger charge is -2.16. The van der Waals surface area contributed by atoms with E-state index in [1.807, 2.05) is 10.9 Å². The van der Waals surface area contributed by atoms with Crippen molar-refractivity contribution < 1.29 is 0 Å². The second-order valence-corrected chi connectivity index (χ2v) is 5.06. The van der Waals surface area contributed by atoms with Crippen molar-refractivity contribution in [2.45, 2.75) is 47.1 Å². The topological polar surface area (TPSA) is 30.7 Å². The zero-order chi connectivity index (χ0) is 10.1. The molecule has 0 N–H and O–H groups in total. The predicted molar refractivity (Wildman–Crippen MR) is 53.6 cm³/mol. The van der Waals surface area contributed by atoms with E-state index in [-0.39, 0.29) is 5.41 Å². The van der Waals surface area contributed by atoms with E-state index < -0.39 is 0 Å². The fourth-order valence-electron chi connectivity index (χ4n) is 1.14. The van der Waals surface area contributed by atoms with Gasteiger partial charge in [0.25, 0.3) is 0 Å². The number of hydrogen-bond acceptors (Lipinski definition) is 2. The summed E-state index contributed by atoms with van der Waals surface area (Å²) in [5, 5.41) is 8.20. The molecule has 0 saturated heterocycles. The first-order valence-electron chi connectivity index (χ1n) is 4.78. The van der Waals surface area contributed by atoms with Crippen LogP contribution in [0.4, 0.5) is 0 Å². The molecule has 0 atom stereocenters. The van der Waals surface area contributed by atoms with Crippen LogP contribution in [0.25, 0.3) is 0 Å². The molecule has 0 bridgehead atoms. The van der Waals surface area contributed by atoms with Gasteiger partial charge in [0.1, 0.15) is 0 Å². The van der Waals surface area contributed by atoms with Gasteiger partial charge in [-0.05, 0) is 11.3 Å². The summed E-state index contributed by atoms with van der Waals surface area (Å²) in [4.78, 5) is 0. The van der Waals surface area contributed by atoms with Crippen molar-refractivity contribution in [1.29, 1.82) is 0 Å². The number of hydrogen-bond donors (Lipinski definition) is 0. The molecular weight excluding hydrogens is 162 g/mol. The third-order valence-corrected chi connectivity index (χ3v) is 1.78. The number of nitrogens with zero attached hydrogens (tertiary/aromatic N) is 3. The quantitative estimate of drug-likeness (QED) is 0.701. The minimum Gasteiger partial charge on any atom is -0.252 e. The largest absolute Gasteiger partial charge is 0.252 e. The summed E-state index contributed by atoms with van der Waals surface area (Å²) < 4.78 is 1.93. The third-order valence-electron chi connectivity index (χ3n) is 1.78. The summed E-state index contributed by atoms with van der Waals surface area (Å²) >= 11 is 0. The van der Waals surface area contributed by atoms with Crippen molar-refractivity contribution >= 4 is 0 Å². The van der Waals surface area contributed by atoms with Crippen molar-refractivity contribution in [2.75, 3.05) is 0 Å². The lowest BCUT2D eigenvalue weighted by atomic mass is 9.97. The lowest BCUT2D eigenvalue weighted by Crippen LogP contribution is -2.15. The Balaban J connectivity index is 2.70. The maximum absolute atomic E-state index is 4.11. The molecule has 0 aliphatic rings. The maximum Gasteiger partial charge on any atom is 0.0852 e. The number of rotatable bonds is 2. The molecule has 0 fully saturated rings. The molecule has 0 spiro atoms. The zero-order valence-electron chi connectivity index (χ0n) is 9.20. The Morgan fingerprint density at radius 3 is 2.38 bits per heavy atom. The molecule has 0 radical (unpaired) electrons. The fraction of sp³-hybridized carbons (Fsp3) is 0.800. The lowest BCUT2D eigenvalue weighted by molar-refractivity contribution is 0.321. The Morgan fingerprint density at radius 2 is 2.00 bits per heavy atom. The van der Waals surface area contributed by atoms with Crippen LogP contribution in [0.15, 0.2) is 6.20 Å². The Labute approximate surface area is 80.1 Å². The molecule has 3 heteroatoms. The first-order valence-corrected chi connectivity index (χ1v) is 4.78. The Bertz CT molecular complexity index is 268. The van der Waals surface area contributed by atoms with Gasteiger partial charge in [-0.1, -0.05) is 39.8 Å². The van der Waals surface area contributed by atoms with Gasteiger partial charge in [-0.3, -0.25) is 4.68 Å². The highest BCUT2D eigenvalue weighted by Crippen LogP contribution is 2.16. The molecule has 1 aromatic heterocycles. The monoisotopic (exact) mass is 181 g/mol. The van der Waals surface area contributed by atoms with Gasteiger partial charge < -0.3 is 0 Å². The summed E-state index contributed by atoms with van der Waals surface area (Å²) in [6, 6.07) is 0. The van der Waals surface area contributed by atoms with E-state index in [4.69, 9.17) is 0 Å². The van der Waals surface area contributed by atoms with Gasteiger partial charge in [0.2, 0.25) is 0 Å². The molecule has 0 aromatic carbocycles. The highest BCUT2D eigenvalue weighted by atomic mass is 15.4. The van der Waals surface area contributed by atoms with Gasteiger partial charge in [-0.15, -0.1) is 5.10 Å². The van der Waals surface area contributed by atoms with Crippen molar-refractivity contribution in [3.8, 4) is 0 Å². The first kappa shape index (κ1) is 10.2. The summed E-state index contributed by atoms with van der Waals surface area (Å²) in [5.41, 5.74) is 1.34. The van der Waals surface area contributed by atoms with Crippen LogP contribution in [-0.2, 0) is 6.54 Å². The van der Waals surface area contributed by atoms with E-state index in [0.717, 1.165) is 12.2 Å². The van der Waals surface area contributed by atoms with Crippen molar-refractivity contribution in [2.24, 2.45) is 5.41 Å². The van der Waals surface area contributed by atoms with Gasteiger partial charge in [0.05, 0.1) is 5.69 Å². The standard InChI is InChI=1S/C10H19N3/c1-8(2)9-6-13(12-11-9)7-10(3,4)5/h6,8H,7H2,1-5H3. The van der Waals surface area contributed by atoms with Crippen molar-refractivity contribution in [3.63, 3.8) is 0 Å². The van der Waals surface area contributed by atoms with Gasteiger partial charge in [0, 0.05) is 12.7 Å². The summed E-state index contributed by atoms with van der Waals surface area (Å²) in [6.45, 7) is 11.8. The van der Waals surface area contributed by atoms with Crippen LogP contribution >= 0.6 is 0 Å². The maximum atomic E-state index is 4.11. The van der Waals surface area contributed by atoms with E-state index in [9.17, 15) is 0 Å². The normalized spacial score (nSPS) is 12.5. The Morgan fingerprint density at radius 1 is 1.38 bits per heavy atom. The van der Waals surface area contributed by atoms with Crippen LogP contribution in [0.3, 0.4) is 0 Å². The molecule has 3 nitrogen and oxygen atoms in total. The first-order chi connectivity index (χ1) is 5.88. The van der Waals surface area contributed by atoms with Crippen molar-refractivity contribution in [3.05, 3.63) is 11.9 Å². The van der Waals surface area contributed by atoms with Crippen LogP contribution in [0.2, 0.25) is 0 Å². The van der Waals surface area contributed by atoms with Crippen molar-refractivity contribution in [1.82, 2.24) is 15.0 Å². The summed E-state index contributed by atoms with van der Waals surface area (Å²) in [7, 11) is 0. The van der Waals surface area contributed by atoms with Crippen LogP contribution in [0.1, 0.15) is 46.2 Å². The highest BCUT2D eigenvalue weighted by molar-refractivity contribution is 4.98. The van der Waals surface area contributed by atoms with Gasteiger partial charge >= 0.3 is 0 Å². The second kappa shape index (κ2) is 3.48. The SMILES string of the molecule is CC(C)c1cn(CC(C)(C)C)nn1. The van der Waals surface area contributed by atoms with E-state index in [2.05, 4.69) is 44.9 Å². The molecule has 0 aliphatic carbocycles. The molecular formula is C10H19N3. The summed E-state index contributed by atoms with van der Waals surface area (Å²) in [5.74, 6) is 0.466. The van der Waals surface area contributed by atoms with Gasteiger partial charge in [-0.25, -0.2) is 0 Å². The minimum absolute atomic E-state index is 0.266. The predicted octanol–water partition coefficient (Wildman–Crippen LogP) is 2.45. The highest BCUT2D eigenvalue weighted by Gasteiger charge is 2.13. The summed E-state index contributed by atoms with van der Waals surface area (Å²) in [6.07, 6.45) is 2.04. The Kier molecular flexibility index (Phi) is 2.74. The van der Waals surface area contributed by atoms with E-state index in [0.29, 0.717) is 5.92 Å². The average molecular weight is 181 g/mol.